The van der Waals surface area contributed by atoms with Crippen LogP contribution >= 0.6 is 0 Å². The van der Waals surface area contributed by atoms with E-state index in [0.717, 1.165) is 12.2 Å². The van der Waals surface area contributed by atoms with Gasteiger partial charge in [-0.25, -0.2) is 9.97 Å². The molecule has 1 aromatic heterocycles. The second-order valence-electron chi connectivity index (χ2n) is 5.33. The fourth-order valence-electron chi connectivity index (χ4n) is 2.09. The highest BCUT2D eigenvalue weighted by Crippen LogP contribution is 2.13. The van der Waals surface area contributed by atoms with E-state index in [0.29, 0.717) is 18.1 Å². The van der Waals surface area contributed by atoms with E-state index in [9.17, 15) is 4.79 Å². The van der Waals surface area contributed by atoms with Gasteiger partial charge in [-0.15, -0.1) is 0 Å². The Morgan fingerprint density at radius 2 is 1.87 bits per heavy atom. The van der Waals surface area contributed by atoms with Gasteiger partial charge in [-0.2, -0.15) is 0 Å². The SMILES string of the molecule is CCNc1ncc(C(=O)NC[C@@H](C)N(C)c2ccccc2)cn1. The molecule has 6 heteroatoms. The highest BCUT2D eigenvalue weighted by atomic mass is 16.1. The number of nitrogens with one attached hydrogen (secondary N) is 2. The van der Waals surface area contributed by atoms with Gasteiger partial charge in [0.25, 0.3) is 5.91 Å². The maximum absolute atomic E-state index is 12.1. The highest BCUT2D eigenvalue weighted by Gasteiger charge is 2.12. The van der Waals surface area contributed by atoms with E-state index in [1.807, 2.05) is 44.3 Å². The Hall–Kier alpha value is -2.63. The number of hydrogen-bond donors (Lipinski definition) is 2. The lowest BCUT2D eigenvalue weighted by atomic mass is 10.2. The summed E-state index contributed by atoms with van der Waals surface area (Å²) in [4.78, 5) is 22.5. The van der Waals surface area contributed by atoms with E-state index < -0.39 is 0 Å². The molecule has 0 saturated heterocycles. The van der Waals surface area contributed by atoms with Crippen LogP contribution in [0.5, 0.6) is 0 Å². The van der Waals surface area contributed by atoms with E-state index in [1.165, 1.54) is 12.4 Å². The van der Waals surface area contributed by atoms with Crippen molar-refractivity contribution in [1.82, 2.24) is 15.3 Å². The third-order valence-electron chi connectivity index (χ3n) is 3.63. The van der Waals surface area contributed by atoms with Gasteiger partial charge >= 0.3 is 0 Å². The molecular formula is C17H23N5O. The summed E-state index contributed by atoms with van der Waals surface area (Å²) in [6.45, 7) is 5.32. The molecule has 0 radical (unpaired) electrons. The van der Waals surface area contributed by atoms with E-state index >= 15 is 0 Å². The molecule has 1 aromatic carbocycles. The Kier molecular flexibility index (Phi) is 5.91. The average molecular weight is 313 g/mol. The summed E-state index contributed by atoms with van der Waals surface area (Å²) in [7, 11) is 2.01. The molecule has 2 rings (SSSR count). The molecule has 23 heavy (non-hydrogen) atoms. The van der Waals surface area contributed by atoms with Crippen molar-refractivity contribution in [2.45, 2.75) is 19.9 Å². The normalized spacial score (nSPS) is 11.6. The van der Waals surface area contributed by atoms with Crippen molar-refractivity contribution in [2.24, 2.45) is 0 Å². The third-order valence-corrected chi connectivity index (χ3v) is 3.63. The maximum atomic E-state index is 12.1. The molecule has 0 fully saturated rings. The molecule has 0 bridgehead atoms. The third kappa shape index (κ3) is 4.67. The van der Waals surface area contributed by atoms with Crippen LogP contribution in [0.3, 0.4) is 0 Å². The minimum atomic E-state index is -0.165. The van der Waals surface area contributed by atoms with Crippen LogP contribution in [-0.4, -0.2) is 42.1 Å². The number of carbonyl (C=O) groups is 1. The van der Waals surface area contributed by atoms with Crippen LogP contribution in [0.1, 0.15) is 24.2 Å². The van der Waals surface area contributed by atoms with E-state index in [4.69, 9.17) is 0 Å². The molecule has 0 saturated carbocycles. The molecule has 1 amide bonds. The summed E-state index contributed by atoms with van der Waals surface area (Å²) >= 11 is 0. The molecule has 0 aliphatic carbocycles. The van der Waals surface area contributed by atoms with Gasteiger partial charge in [0, 0.05) is 44.3 Å². The molecule has 0 aliphatic rings. The number of nitrogens with zero attached hydrogens (tertiary/aromatic N) is 3. The first-order valence-electron chi connectivity index (χ1n) is 7.73. The number of para-hydroxylation sites is 1. The summed E-state index contributed by atoms with van der Waals surface area (Å²) < 4.78 is 0. The summed E-state index contributed by atoms with van der Waals surface area (Å²) in [6, 6.07) is 10.3. The van der Waals surface area contributed by atoms with Crippen LogP contribution in [0.15, 0.2) is 42.7 Å². The Balaban J connectivity index is 1.88. The van der Waals surface area contributed by atoms with Crippen molar-refractivity contribution in [2.75, 3.05) is 30.4 Å². The van der Waals surface area contributed by atoms with Gasteiger partial charge < -0.3 is 15.5 Å². The van der Waals surface area contributed by atoms with Crippen LogP contribution in [0, 0.1) is 0 Å². The first-order chi connectivity index (χ1) is 11.1. The van der Waals surface area contributed by atoms with Gasteiger partial charge in [0.05, 0.1) is 5.56 Å². The van der Waals surface area contributed by atoms with Gasteiger partial charge in [0.1, 0.15) is 0 Å². The van der Waals surface area contributed by atoms with E-state index in [1.54, 1.807) is 0 Å². The van der Waals surface area contributed by atoms with Crippen molar-refractivity contribution < 1.29 is 4.79 Å². The van der Waals surface area contributed by atoms with Crippen molar-refractivity contribution in [1.29, 1.82) is 0 Å². The van der Waals surface area contributed by atoms with Gasteiger partial charge in [-0.05, 0) is 26.0 Å². The number of hydrogen-bond acceptors (Lipinski definition) is 5. The zero-order valence-electron chi connectivity index (χ0n) is 13.8. The summed E-state index contributed by atoms with van der Waals surface area (Å²) in [5.74, 6) is 0.364. The lowest BCUT2D eigenvalue weighted by Crippen LogP contribution is -2.40. The van der Waals surface area contributed by atoms with Crippen molar-refractivity contribution in [3.05, 3.63) is 48.3 Å². The van der Waals surface area contributed by atoms with Crippen molar-refractivity contribution >= 4 is 17.5 Å². The molecule has 1 heterocycles. The Morgan fingerprint density at radius 1 is 1.22 bits per heavy atom. The van der Waals surface area contributed by atoms with Crippen LogP contribution in [-0.2, 0) is 0 Å². The maximum Gasteiger partial charge on any atom is 0.254 e. The monoisotopic (exact) mass is 313 g/mol. The van der Waals surface area contributed by atoms with Gasteiger partial charge in [0.15, 0.2) is 0 Å². The second-order valence-corrected chi connectivity index (χ2v) is 5.33. The minimum Gasteiger partial charge on any atom is -0.370 e. The predicted molar refractivity (Wildman–Crippen MR) is 92.8 cm³/mol. The van der Waals surface area contributed by atoms with Crippen LogP contribution in [0.25, 0.3) is 0 Å². The number of aromatic nitrogens is 2. The number of carbonyl (C=O) groups excluding carboxylic acids is 1. The molecule has 0 unspecified atom stereocenters. The first kappa shape index (κ1) is 16.7. The molecule has 2 aromatic rings. The van der Waals surface area contributed by atoms with Crippen LogP contribution < -0.4 is 15.5 Å². The molecule has 2 N–H and O–H groups in total. The molecular weight excluding hydrogens is 290 g/mol. The Labute approximate surface area is 137 Å². The molecule has 6 nitrogen and oxygen atoms in total. The van der Waals surface area contributed by atoms with Crippen LogP contribution in [0.4, 0.5) is 11.6 Å². The largest absolute Gasteiger partial charge is 0.370 e. The van der Waals surface area contributed by atoms with Crippen molar-refractivity contribution in [3.8, 4) is 0 Å². The molecule has 0 aliphatic heterocycles. The number of anilines is 2. The quantitative estimate of drug-likeness (QED) is 0.820. The van der Waals surface area contributed by atoms with Gasteiger partial charge in [-0.1, -0.05) is 18.2 Å². The Bertz CT molecular complexity index is 615. The van der Waals surface area contributed by atoms with Crippen LogP contribution in [0.2, 0.25) is 0 Å². The smallest absolute Gasteiger partial charge is 0.254 e. The molecule has 122 valence electrons. The van der Waals surface area contributed by atoms with Gasteiger partial charge in [0.2, 0.25) is 5.95 Å². The fourth-order valence-corrected chi connectivity index (χ4v) is 2.09. The van der Waals surface area contributed by atoms with E-state index in [-0.39, 0.29) is 11.9 Å². The second kappa shape index (κ2) is 8.12. The fraction of sp³-hybridized carbons (Fsp3) is 0.353. The summed E-state index contributed by atoms with van der Waals surface area (Å²) in [5, 5.41) is 5.92. The number of benzene rings is 1. The first-order valence-corrected chi connectivity index (χ1v) is 7.73. The molecule has 1 atom stereocenters. The predicted octanol–water partition coefficient (Wildman–Crippen LogP) is 2.16. The lowest BCUT2D eigenvalue weighted by molar-refractivity contribution is 0.0951. The molecule has 0 spiro atoms. The minimum absolute atomic E-state index is 0.165. The average Bonchev–Trinajstić information content (AvgIpc) is 2.60. The zero-order valence-corrected chi connectivity index (χ0v) is 13.8. The Morgan fingerprint density at radius 3 is 2.48 bits per heavy atom. The highest BCUT2D eigenvalue weighted by molar-refractivity contribution is 5.93. The van der Waals surface area contributed by atoms with Gasteiger partial charge in [-0.3, -0.25) is 4.79 Å². The van der Waals surface area contributed by atoms with E-state index in [2.05, 4.69) is 32.4 Å². The lowest BCUT2D eigenvalue weighted by Gasteiger charge is -2.27. The number of amides is 1. The summed E-state index contributed by atoms with van der Waals surface area (Å²) in [6.07, 6.45) is 3.07. The zero-order chi connectivity index (χ0) is 16.7. The number of likely N-dealkylation sites (N-methyl/N-ethyl adjacent to an activating group) is 1. The number of rotatable bonds is 7. The standard InChI is InChI=1S/C17H23N5O/c1-4-18-17-20-11-14(12-21-17)16(23)19-10-13(2)22(3)15-8-6-5-7-9-15/h5-9,11-13H,4,10H2,1-3H3,(H,19,23)(H,18,20,21)/t13-/m1/s1. The summed E-state index contributed by atoms with van der Waals surface area (Å²) in [5.41, 5.74) is 1.58. The topological polar surface area (TPSA) is 70.2 Å². The van der Waals surface area contributed by atoms with Crippen molar-refractivity contribution in [3.63, 3.8) is 0 Å².